The molecule has 0 saturated heterocycles. The molecule has 2 N–H and O–H groups in total. The molecule has 1 atom stereocenters. The van der Waals surface area contributed by atoms with Gasteiger partial charge in [0.15, 0.2) is 0 Å². The topological polar surface area (TPSA) is 54.3 Å². The highest BCUT2D eigenvalue weighted by molar-refractivity contribution is 5.78. The van der Waals surface area contributed by atoms with Gasteiger partial charge in [-0.2, -0.15) is 0 Å². The minimum Gasteiger partial charge on any atom is -0.468 e. The monoisotopic (exact) mass is 258 g/mol. The fourth-order valence-corrected chi connectivity index (χ4v) is 1.74. The molecule has 1 aromatic heterocycles. The van der Waals surface area contributed by atoms with E-state index in [9.17, 15) is 4.79 Å². The Labute approximate surface area is 112 Å². The maximum Gasteiger partial charge on any atom is 0.234 e. The molecular formula is C15H18N2O2. The standard InChI is InChI=1S/C15H18N2O2/c1-12(14-8-5-9-19-14)16-11-15(18)17-10-13-6-3-2-4-7-13/h2-9,12,16H,10-11H2,1H3,(H,17,18)/t12-/m0/s1. The maximum absolute atomic E-state index is 11.7. The van der Waals surface area contributed by atoms with Gasteiger partial charge in [0.05, 0.1) is 18.8 Å². The minimum absolute atomic E-state index is 0.0254. The molecule has 19 heavy (non-hydrogen) atoms. The molecule has 1 aromatic carbocycles. The second-order valence-corrected chi connectivity index (χ2v) is 4.38. The molecule has 0 aliphatic rings. The Morgan fingerprint density at radius 2 is 2.00 bits per heavy atom. The van der Waals surface area contributed by atoms with Crippen LogP contribution in [-0.4, -0.2) is 12.5 Å². The second-order valence-electron chi connectivity index (χ2n) is 4.38. The molecule has 0 radical (unpaired) electrons. The molecule has 0 bridgehead atoms. The number of nitrogens with one attached hydrogen (secondary N) is 2. The van der Waals surface area contributed by atoms with E-state index in [1.807, 2.05) is 49.4 Å². The van der Waals surface area contributed by atoms with Gasteiger partial charge in [0.1, 0.15) is 5.76 Å². The van der Waals surface area contributed by atoms with Gasteiger partial charge < -0.3 is 9.73 Å². The van der Waals surface area contributed by atoms with E-state index < -0.39 is 0 Å². The second kappa shape index (κ2) is 6.75. The van der Waals surface area contributed by atoms with E-state index in [-0.39, 0.29) is 18.5 Å². The summed E-state index contributed by atoms with van der Waals surface area (Å²) in [5.74, 6) is 0.804. The van der Waals surface area contributed by atoms with Gasteiger partial charge in [-0.25, -0.2) is 0 Å². The smallest absolute Gasteiger partial charge is 0.234 e. The molecule has 2 aromatic rings. The summed E-state index contributed by atoms with van der Waals surface area (Å²) in [5.41, 5.74) is 1.09. The van der Waals surface area contributed by atoms with Gasteiger partial charge in [-0.1, -0.05) is 30.3 Å². The van der Waals surface area contributed by atoms with Crippen LogP contribution in [0.1, 0.15) is 24.3 Å². The Morgan fingerprint density at radius 3 is 2.68 bits per heavy atom. The SMILES string of the molecule is C[C@H](NCC(=O)NCc1ccccc1)c1ccco1. The molecule has 4 heteroatoms. The van der Waals surface area contributed by atoms with Crippen molar-refractivity contribution in [1.82, 2.24) is 10.6 Å². The van der Waals surface area contributed by atoms with Crippen molar-refractivity contribution >= 4 is 5.91 Å². The van der Waals surface area contributed by atoms with Crippen LogP contribution >= 0.6 is 0 Å². The van der Waals surface area contributed by atoms with Crippen LogP contribution in [0.15, 0.2) is 53.1 Å². The van der Waals surface area contributed by atoms with Crippen molar-refractivity contribution in [3.63, 3.8) is 0 Å². The predicted molar refractivity (Wildman–Crippen MR) is 73.4 cm³/mol. The third-order valence-corrected chi connectivity index (χ3v) is 2.87. The molecule has 4 nitrogen and oxygen atoms in total. The molecule has 0 aliphatic carbocycles. The zero-order valence-electron chi connectivity index (χ0n) is 10.9. The first-order chi connectivity index (χ1) is 9.25. The van der Waals surface area contributed by atoms with E-state index in [4.69, 9.17) is 4.42 Å². The van der Waals surface area contributed by atoms with Crippen molar-refractivity contribution < 1.29 is 9.21 Å². The van der Waals surface area contributed by atoms with Crippen molar-refractivity contribution in [1.29, 1.82) is 0 Å². The molecule has 0 spiro atoms. The quantitative estimate of drug-likeness (QED) is 0.835. The van der Waals surface area contributed by atoms with Gasteiger partial charge in [0, 0.05) is 6.54 Å². The van der Waals surface area contributed by atoms with Crippen LogP contribution in [0.25, 0.3) is 0 Å². The highest BCUT2D eigenvalue weighted by Crippen LogP contribution is 2.11. The zero-order chi connectivity index (χ0) is 13.5. The van der Waals surface area contributed by atoms with Crippen molar-refractivity contribution in [3.05, 3.63) is 60.1 Å². The molecule has 0 fully saturated rings. The van der Waals surface area contributed by atoms with Crippen LogP contribution in [0.5, 0.6) is 0 Å². The van der Waals surface area contributed by atoms with Crippen LogP contribution in [0.4, 0.5) is 0 Å². The Bertz CT molecular complexity index is 494. The summed E-state index contributed by atoms with van der Waals surface area (Å²) in [6, 6.07) is 13.6. The lowest BCUT2D eigenvalue weighted by Crippen LogP contribution is -2.34. The van der Waals surface area contributed by atoms with E-state index in [0.29, 0.717) is 6.54 Å². The zero-order valence-corrected chi connectivity index (χ0v) is 10.9. The molecule has 1 amide bonds. The third kappa shape index (κ3) is 4.26. The minimum atomic E-state index is -0.0257. The number of hydrogen-bond donors (Lipinski definition) is 2. The van der Waals surface area contributed by atoms with Gasteiger partial charge in [0.25, 0.3) is 0 Å². The van der Waals surface area contributed by atoms with E-state index >= 15 is 0 Å². The molecule has 2 rings (SSSR count). The molecule has 100 valence electrons. The fraction of sp³-hybridized carbons (Fsp3) is 0.267. The molecule has 0 saturated carbocycles. The highest BCUT2D eigenvalue weighted by atomic mass is 16.3. The largest absolute Gasteiger partial charge is 0.468 e. The first-order valence-corrected chi connectivity index (χ1v) is 6.33. The van der Waals surface area contributed by atoms with Gasteiger partial charge >= 0.3 is 0 Å². The average molecular weight is 258 g/mol. The van der Waals surface area contributed by atoms with Crippen LogP contribution in [-0.2, 0) is 11.3 Å². The summed E-state index contributed by atoms with van der Waals surface area (Å²) in [6.07, 6.45) is 1.63. The van der Waals surface area contributed by atoms with Gasteiger partial charge in [-0.15, -0.1) is 0 Å². The average Bonchev–Trinajstić information content (AvgIpc) is 2.98. The van der Waals surface area contributed by atoms with E-state index in [2.05, 4.69) is 10.6 Å². The Morgan fingerprint density at radius 1 is 1.21 bits per heavy atom. The first kappa shape index (κ1) is 13.4. The number of carbonyl (C=O) groups is 1. The summed E-state index contributed by atoms with van der Waals surface area (Å²) in [5, 5.41) is 5.98. The normalized spacial score (nSPS) is 12.1. The van der Waals surface area contributed by atoms with Crippen LogP contribution in [0.2, 0.25) is 0 Å². The Kier molecular flexibility index (Phi) is 4.75. The van der Waals surface area contributed by atoms with Gasteiger partial charge in [0.2, 0.25) is 5.91 Å². The predicted octanol–water partition coefficient (Wildman–Crippen LogP) is 2.25. The number of amides is 1. The summed E-state index contributed by atoms with van der Waals surface area (Å²) < 4.78 is 5.26. The summed E-state index contributed by atoms with van der Waals surface area (Å²) >= 11 is 0. The molecular weight excluding hydrogens is 240 g/mol. The maximum atomic E-state index is 11.7. The number of carbonyl (C=O) groups excluding carboxylic acids is 1. The van der Waals surface area contributed by atoms with Crippen molar-refractivity contribution in [2.75, 3.05) is 6.54 Å². The van der Waals surface area contributed by atoms with Crippen LogP contribution in [0, 0.1) is 0 Å². The number of rotatable bonds is 6. The van der Waals surface area contributed by atoms with E-state index in [1.54, 1.807) is 6.26 Å². The van der Waals surface area contributed by atoms with Crippen LogP contribution < -0.4 is 10.6 Å². The number of furan rings is 1. The van der Waals surface area contributed by atoms with Crippen molar-refractivity contribution in [2.45, 2.75) is 19.5 Å². The molecule has 0 aliphatic heterocycles. The van der Waals surface area contributed by atoms with Gasteiger partial charge in [-0.3, -0.25) is 10.1 Å². The summed E-state index contributed by atoms with van der Waals surface area (Å²) in [4.78, 5) is 11.7. The van der Waals surface area contributed by atoms with Crippen molar-refractivity contribution in [3.8, 4) is 0 Å². The lowest BCUT2D eigenvalue weighted by Gasteiger charge is -2.11. The third-order valence-electron chi connectivity index (χ3n) is 2.87. The summed E-state index contributed by atoms with van der Waals surface area (Å²) in [7, 11) is 0. The fourth-order valence-electron chi connectivity index (χ4n) is 1.74. The van der Waals surface area contributed by atoms with Gasteiger partial charge in [-0.05, 0) is 24.6 Å². The Hall–Kier alpha value is -2.07. The van der Waals surface area contributed by atoms with E-state index in [0.717, 1.165) is 11.3 Å². The van der Waals surface area contributed by atoms with Crippen LogP contribution in [0.3, 0.4) is 0 Å². The highest BCUT2D eigenvalue weighted by Gasteiger charge is 2.09. The lowest BCUT2D eigenvalue weighted by molar-refractivity contribution is -0.120. The molecule has 1 heterocycles. The number of benzene rings is 1. The lowest BCUT2D eigenvalue weighted by atomic mass is 10.2. The van der Waals surface area contributed by atoms with E-state index in [1.165, 1.54) is 0 Å². The molecule has 0 unspecified atom stereocenters. The summed E-state index contributed by atoms with van der Waals surface area (Å²) in [6.45, 7) is 2.79. The van der Waals surface area contributed by atoms with Crippen molar-refractivity contribution in [2.24, 2.45) is 0 Å². The Balaban J connectivity index is 1.70. The first-order valence-electron chi connectivity index (χ1n) is 6.33. The number of hydrogen-bond acceptors (Lipinski definition) is 3.